The van der Waals surface area contributed by atoms with Crippen LogP contribution in [0.25, 0.3) is 0 Å². The molecule has 0 saturated carbocycles. The minimum Gasteiger partial charge on any atom is -0.270 e. The lowest BCUT2D eigenvalue weighted by Gasteiger charge is -2.23. The van der Waals surface area contributed by atoms with Gasteiger partial charge in [0.15, 0.2) is 0 Å². The molecule has 4 heteroatoms. The number of hydrogen-bond acceptors (Lipinski definition) is 4. The predicted molar refractivity (Wildman–Crippen MR) is 64.5 cm³/mol. The van der Waals surface area contributed by atoms with E-state index in [4.69, 9.17) is 11.7 Å². The van der Waals surface area contributed by atoms with Crippen molar-refractivity contribution < 1.29 is 0 Å². The molecule has 0 aromatic heterocycles. The molecule has 0 bridgehead atoms. The van der Waals surface area contributed by atoms with E-state index in [1.807, 2.05) is 45.0 Å². The fourth-order valence-electron chi connectivity index (χ4n) is 1.20. The van der Waals surface area contributed by atoms with Gasteiger partial charge in [-0.3, -0.25) is 11.7 Å². The Morgan fingerprint density at radius 3 is 2.00 bits per heavy atom. The van der Waals surface area contributed by atoms with Gasteiger partial charge in [0.25, 0.3) is 0 Å². The Bertz CT molecular complexity index is 256. The smallest absolute Gasteiger partial charge is 0.111 e. The van der Waals surface area contributed by atoms with Gasteiger partial charge in [-0.1, -0.05) is 43.7 Å². The van der Waals surface area contributed by atoms with Crippen LogP contribution in [0.5, 0.6) is 0 Å². The fraction of sp³-hybridized carbons (Fsp3) is 0.455. The van der Waals surface area contributed by atoms with Crippen molar-refractivity contribution in [3.63, 3.8) is 0 Å². The van der Waals surface area contributed by atoms with Gasteiger partial charge in [0, 0.05) is 7.05 Å². The highest BCUT2D eigenvalue weighted by atomic mass is 15.5. The first kappa shape index (κ1) is 14.1. The number of hydrazine groups is 2. The van der Waals surface area contributed by atoms with Crippen LogP contribution in [0.15, 0.2) is 24.3 Å². The van der Waals surface area contributed by atoms with Gasteiger partial charge in [0.1, 0.15) is 6.17 Å². The number of nitrogens with zero attached hydrogens (tertiary/aromatic N) is 1. The largest absolute Gasteiger partial charge is 0.270 e. The van der Waals surface area contributed by atoms with Crippen LogP contribution in [-0.4, -0.2) is 12.1 Å². The summed E-state index contributed by atoms with van der Waals surface area (Å²) >= 11 is 0. The molecule has 0 aliphatic rings. The molecule has 1 atom stereocenters. The maximum atomic E-state index is 5.61. The number of nitrogens with two attached hydrogens (primary N) is 2. The molecular formula is C11H22N4. The van der Waals surface area contributed by atoms with Gasteiger partial charge in [-0.25, -0.2) is 10.4 Å². The molecule has 1 rings (SSSR count). The van der Waals surface area contributed by atoms with Crippen molar-refractivity contribution >= 4 is 0 Å². The molecule has 0 aliphatic carbocycles. The zero-order chi connectivity index (χ0) is 11.8. The molecule has 0 aliphatic heterocycles. The van der Waals surface area contributed by atoms with Crippen LogP contribution in [-0.2, 0) is 0 Å². The van der Waals surface area contributed by atoms with Crippen molar-refractivity contribution in [2.75, 3.05) is 7.05 Å². The standard InChI is InChI=1S/C9H16N4.C2H6/c1-7-3-5-8(6-4-7)9(12-10)13(2)11;1-2/h3-6,9,12H,10-11H2,1-2H3;1-2H3. The number of benzene rings is 1. The van der Waals surface area contributed by atoms with Gasteiger partial charge in [-0.2, -0.15) is 0 Å². The summed E-state index contributed by atoms with van der Waals surface area (Å²) < 4.78 is 0. The topological polar surface area (TPSA) is 67.3 Å². The number of rotatable bonds is 3. The van der Waals surface area contributed by atoms with Crippen LogP contribution in [0, 0.1) is 6.92 Å². The Kier molecular flexibility index (Phi) is 6.90. The van der Waals surface area contributed by atoms with Gasteiger partial charge in [-0.05, 0) is 12.5 Å². The SMILES string of the molecule is CC.Cc1ccc(C(NN)N(C)N)cc1. The third-order valence-electron chi connectivity index (χ3n) is 1.96. The third kappa shape index (κ3) is 4.40. The molecule has 15 heavy (non-hydrogen) atoms. The number of hydrogen-bond donors (Lipinski definition) is 3. The quantitative estimate of drug-likeness (QED) is 0.399. The van der Waals surface area contributed by atoms with Crippen molar-refractivity contribution in [1.29, 1.82) is 0 Å². The van der Waals surface area contributed by atoms with E-state index in [2.05, 4.69) is 5.43 Å². The Hall–Kier alpha value is -0.940. The highest BCUT2D eigenvalue weighted by Gasteiger charge is 2.10. The van der Waals surface area contributed by atoms with E-state index in [1.165, 1.54) is 10.6 Å². The molecule has 0 spiro atoms. The van der Waals surface area contributed by atoms with Crippen LogP contribution in [0.3, 0.4) is 0 Å². The second-order valence-electron chi connectivity index (χ2n) is 3.15. The van der Waals surface area contributed by atoms with Gasteiger partial charge >= 0.3 is 0 Å². The highest BCUT2D eigenvalue weighted by molar-refractivity contribution is 5.23. The molecule has 0 saturated heterocycles. The summed E-state index contributed by atoms with van der Waals surface area (Å²) in [5, 5.41) is 1.53. The van der Waals surface area contributed by atoms with E-state index in [-0.39, 0.29) is 6.17 Å². The maximum absolute atomic E-state index is 5.61. The van der Waals surface area contributed by atoms with Crippen LogP contribution < -0.4 is 17.1 Å². The fourth-order valence-corrected chi connectivity index (χ4v) is 1.20. The molecule has 5 N–H and O–H groups in total. The normalized spacial score (nSPS) is 11.9. The minimum absolute atomic E-state index is 0.138. The summed E-state index contributed by atoms with van der Waals surface area (Å²) in [4.78, 5) is 0. The number of aryl methyl sites for hydroxylation is 1. The average Bonchev–Trinajstić information content (AvgIpc) is 2.24. The number of nitrogens with one attached hydrogen (secondary N) is 1. The average molecular weight is 210 g/mol. The molecule has 0 fully saturated rings. The zero-order valence-corrected chi connectivity index (χ0v) is 9.99. The molecule has 1 aromatic carbocycles. The summed E-state index contributed by atoms with van der Waals surface area (Å²) in [7, 11) is 1.77. The Labute approximate surface area is 92.2 Å². The van der Waals surface area contributed by atoms with E-state index in [9.17, 15) is 0 Å². The van der Waals surface area contributed by atoms with E-state index >= 15 is 0 Å². The van der Waals surface area contributed by atoms with Crippen molar-refractivity contribution in [1.82, 2.24) is 10.4 Å². The maximum Gasteiger partial charge on any atom is 0.111 e. The summed E-state index contributed by atoms with van der Waals surface area (Å²) in [6.45, 7) is 6.04. The summed E-state index contributed by atoms with van der Waals surface area (Å²) in [5.41, 5.74) is 4.91. The molecule has 1 aromatic rings. The first-order valence-corrected chi connectivity index (χ1v) is 5.15. The molecule has 0 amide bonds. The molecular weight excluding hydrogens is 188 g/mol. The first-order valence-electron chi connectivity index (χ1n) is 5.15. The van der Waals surface area contributed by atoms with Crippen molar-refractivity contribution in [3.05, 3.63) is 35.4 Å². The van der Waals surface area contributed by atoms with Crippen LogP contribution >= 0.6 is 0 Å². The van der Waals surface area contributed by atoms with Gasteiger partial charge in [0.2, 0.25) is 0 Å². The van der Waals surface area contributed by atoms with Crippen molar-refractivity contribution in [2.24, 2.45) is 11.7 Å². The second-order valence-corrected chi connectivity index (χ2v) is 3.15. The van der Waals surface area contributed by atoms with Crippen molar-refractivity contribution in [2.45, 2.75) is 26.9 Å². The highest BCUT2D eigenvalue weighted by Crippen LogP contribution is 2.13. The molecule has 1 unspecified atom stereocenters. The Balaban J connectivity index is 0.000000921. The van der Waals surface area contributed by atoms with Gasteiger partial charge in [0.05, 0.1) is 0 Å². The molecule has 0 heterocycles. The molecule has 0 radical (unpaired) electrons. The molecule has 86 valence electrons. The lowest BCUT2D eigenvalue weighted by molar-refractivity contribution is 0.212. The zero-order valence-electron chi connectivity index (χ0n) is 9.99. The first-order chi connectivity index (χ1) is 7.15. The van der Waals surface area contributed by atoms with Crippen LogP contribution in [0.4, 0.5) is 0 Å². The van der Waals surface area contributed by atoms with Gasteiger partial charge in [-0.15, -0.1) is 0 Å². The Morgan fingerprint density at radius 1 is 1.20 bits per heavy atom. The van der Waals surface area contributed by atoms with E-state index in [0.29, 0.717) is 0 Å². The van der Waals surface area contributed by atoms with Crippen molar-refractivity contribution in [3.8, 4) is 0 Å². The summed E-state index contributed by atoms with van der Waals surface area (Å²) in [6, 6.07) is 8.07. The Morgan fingerprint density at radius 2 is 1.67 bits per heavy atom. The monoisotopic (exact) mass is 210 g/mol. The predicted octanol–water partition coefficient (Wildman–Crippen LogP) is 1.29. The van der Waals surface area contributed by atoms with Crippen LogP contribution in [0.2, 0.25) is 0 Å². The van der Waals surface area contributed by atoms with E-state index in [1.54, 1.807) is 7.05 Å². The second kappa shape index (κ2) is 7.36. The minimum atomic E-state index is -0.138. The lowest BCUT2D eigenvalue weighted by Crippen LogP contribution is -2.43. The third-order valence-corrected chi connectivity index (χ3v) is 1.96. The van der Waals surface area contributed by atoms with Crippen LogP contribution in [0.1, 0.15) is 31.1 Å². The van der Waals surface area contributed by atoms with E-state index < -0.39 is 0 Å². The summed E-state index contributed by atoms with van der Waals surface area (Å²) in [5.74, 6) is 11.0. The molecule has 4 nitrogen and oxygen atoms in total. The van der Waals surface area contributed by atoms with E-state index in [0.717, 1.165) is 5.56 Å². The summed E-state index contributed by atoms with van der Waals surface area (Å²) in [6.07, 6.45) is -0.138. The van der Waals surface area contributed by atoms with Gasteiger partial charge < -0.3 is 0 Å². The lowest BCUT2D eigenvalue weighted by atomic mass is 10.1.